The van der Waals surface area contributed by atoms with Gasteiger partial charge in [0, 0.05) is 58.3 Å². The highest BCUT2D eigenvalue weighted by molar-refractivity contribution is 5.81. The predicted octanol–water partition coefficient (Wildman–Crippen LogP) is 2.07. The fourth-order valence-electron chi connectivity index (χ4n) is 5.76. The number of likely N-dealkylation sites (tertiary alicyclic amines) is 1. The third-order valence-electron chi connectivity index (χ3n) is 8.51. The lowest BCUT2D eigenvalue weighted by molar-refractivity contribution is -0.150. The number of hydrogen-bond acceptors (Lipinski definition) is 13. The average Bonchev–Trinajstić information content (AvgIpc) is 3.07. The van der Waals surface area contributed by atoms with Gasteiger partial charge in [-0.15, -0.1) is 0 Å². The number of pyridine rings is 2. The van der Waals surface area contributed by atoms with Crippen molar-refractivity contribution in [2.45, 2.75) is 37.5 Å². The Morgan fingerprint density at radius 3 is 2.51 bits per heavy atom. The number of nitrogens with one attached hydrogen (secondary N) is 1. The number of methoxy groups -OCH3 is 1. The van der Waals surface area contributed by atoms with Crippen molar-refractivity contribution in [3.8, 4) is 29.1 Å². The molecule has 47 heavy (non-hydrogen) atoms. The van der Waals surface area contributed by atoms with Gasteiger partial charge in [0.25, 0.3) is 12.3 Å². The molecular weight excluding hydrogens is 616 g/mol. The van der Waals surface area contributed by atoms with Crippen molar-refractivity contribution >= 4 is 23.4 Å². The molecule has 0 unspecified atom stereocenters. The molecule has 3 fully saturated rings. The van der Waals surface area contributed by atoms with Gasteiger partial charge in [-0.1, -0.05) is 0 Å². The number of halogens is 2. The van der Waals surface area contributed by atoms with Gasteiger partial charge in [-0.3, -0.25) is 14.7 Å². The number of aliphatic hydroxyl groups excluding tert-OH is 1. The zero-order valence-corrected chi connectivity index (χ0v) is 25.8. The molecule has 248 valence electrons. The number of alkyl halides is 2. The zero-order valence-electron chi connectivity index (χ0n) is 25.8. The number of ether oxygens (including phenoxy) is 3. The SMILES string of the molecule is COc1nc(Nc2nccc(-c3cc(C#N)c(OC4CCN(C(=O)[C@H](O)C(F)F)CC4)cn3)n2)ccc1N1CCN(C2COC2)CC1. The molecule has 1 amide bonds. The highest BCUT2D eigenvalue weighted by atomic mass is 19.3. The van der Waals surface area contributed by atoms with Crippen molar-refractivity contribution in [3.63, 3.8) is 0 Å². The second-order valence-corrected chi connectivity index (χ2v) is 11.4. The van der Waals surface area contributed by atoms with E-state index in [0.717, 1.165) is 45.1 Å². The first kappa shape index (κ1) is 32.2. The number of carbonyl (C=O) groups excluding carboxylic acids is 1. The first-order chi connectivity index (χ1) is 22.8. The van der Waals surface area contributed by atoms with E-state index in [1.165, 1.54) is 11.1 Å². The van der Waals surface area contributed by atoms with Crippen LogP contribution in [0.25, 0.3) is 11.4 Å². The number of aliphatic hydroxyl groups is 1. The number of aromatic nitrogens is 4. The molecule has 3 aliphatic rings. The minimum atomic E-state index is -3.14. The van der Waals surface area contributed by atoms with Gasteiger partial charge in [0.05, 0.1) is 49.5 Å². The van der Waals surface area contributed by atoms with Crippen LogP contribution >= 0.6 is 0 Å². The van der Waals surface area contributed by atoms with E-state index in [-0.39, 0.29) is 36.5 Å². The van der Waals surface area contributed by atoms with Gasteiger partial charge in [0.15, 0.2) is 11.9 Å². The number of amides is 1. The molecule has 16 heteroatoms. The van der Waals surface area contributed by atoms with Gasteiger partial charge < -0.3 is 34.4 Å². The van der Waals surface area contributed by atoms with Crippen LogP contribution in [-0.4, -0.2) is 125 Å². The number of carbonyl (C=O) groups is 1. The van der Waals surface area contributed by atoms with Gasteiger partial charge in [0.2, 0.25) is 11.8 Å². The van der Waals surface area contributed by atoms with E-state index in [4.69, 9.17) is 14.2 Å². The Morgan fingerprint density at radius 2 is 1.85 bits per heavy atom. The van der Waals surface area contributed by atoms with Crippen LogP contribution < -0.4 is 19.7 Å². The van der Waals surface area contributed by atoms with Gasteiger partial charge in [-0.2, -0.15) is 10.2 Å². The molecule has 0 radical (unpaired) electrons. The highest BCUT2D eigenvalue weighted by Crippen LogP contribution is 2.31. The summed E-state index contributed by atoms with van der Waals surface area (Å²) in [7, 11) is 1.59. The van der Waals surface area contributed by atoms with Gasteiger partial charge in [0.1, 0.15) is 23.7 Å². The van der Waals surface area contributed by atoms with Crippen molar-refractivity contribution < 1.29 is 32.9 Å². The normalized spacial score (nSPS) is 18.4. The van der Waals surface area contributed by atoms with E-state index < -0.39 is 18.4 Å². The number of nitrogens with zero attached hydrogens (tertiary/aromatic N) is 8. The predicted molar refractivity (Wildman–Crippen MR) is 165 cm³/mol. The topological polar surface area (TPSA) is 162 Å². The smallest absolute Gasteiger partial charge is 0.273 e. The van der Waals surface area contributed by atoms with Crippen molar-refractivity contribution in [1.29, 1.82) is 5.26 Å². The minimum Gasteiger partial charge on any atom is -0.487 e. The second kappa shape index (κ2) is 14.4. The molecule has 0 spiro atoms. The maximum Gasteiger partial charge on any atom is 0.273 e. The lowest BCUT2D eigenvalue weighted by Gasteiger charge is -2.43. The van der Waals surface area contributed by atoms with E-state index in [0.29, 0.717) is 42.0 Å². The Labute approximate surface area is 269 Å². The molecule has 0 aromatic carbocycles. The Kier molecular flexibility index (Phi) is 9.85. The Balaban J connectivity index is 1.08. The molecule has 3 aromatic rings. The maximum absolute atomic E-state index is 12.7. The summed E-state index contributed by atoms with van der Waals surface area (Å²) in [5.41, 5.74) is 2.04. The summed E-state index contributed by atoms with van der Waals surface area (Å²) in [6.45, 7) is 5.53. The molecule has 3 aromatic heterocycles. The molecule has 6 rings (SSSR count). The first-order valence-corrected chi connectivity index (χ1v) is 15.4. The summed E-state index contributed by atoms with van der Waals surface area (Å²) < 4.78 is 42.4. The van der Waals surface area contributed by atoms with Crippen LogP contribution in [0.4, 0.5) is 26.2 Å². The Morgan fingerprint density at radius 1 is 1.09 bits per heavy atom. The maximum atomic E-state index is 12.7. The summed E-state index contributed by atoms with van der Waals surface area (Å²) in [6, 6.07) is 9.68. The van der Waals surface area contributed by atoms with Crippen molar-refractivity contribution in [3.05, 3.63) is 42.2 Å². The molecule has 2 N–H and O–H groups in total. The molecule has 14 nitrogen and oxygen atoms in total. The fraction of sp³-hybridized carbons (Fsp3) is 0.484. The van der Waals surface area contributed by atoms with E-state index in [9.17, 15) is 23.9 Å². The quantitative estimate of drug-likeness (QED) is 0.328. The number of anilines is 3. The molecule has 1 atom stereocenters. The van der Waals surface area contributed by atoms with Crippen LogP contribution in [0, 0.1) is 11.3 Å². The first-order valence-electron chi connectivity index (χ1n) is 15.4. The molecule has 3 aliphatic heterocycles. The summed E-state index contributed by atoms with van der Waals surface area (Å²) in [5, 5.41) is 22.3. The van der Waals surface area contributed by atoms with E-state index in [1.54, 1.807) is 25.4 Å². The van der Waals surface area contributed by atoms with E-state index in [2.05, 4.69) is 41.1 Å². The van der Waals surface area contributed by atoms with E-state index >= 15 is 0 Å². The zero-order chi connectivity index (χ0) is 32.9. The number of hydrogen-bond donors (Lipinski definition) is 2. The van der Waals surface area contributed by atoms with Crippen molar-refractivity contribution in [2.24, 2.45) is 0 Å². The van der Waals surface area contributed by atoms with Crippen LogP contribution in [0.3, 0.4) is 0 Å². The molecule has 0 aliphatic carbocycles. The van der Waals surface area contributed by atoms with Crippen LogP contribution in [0.15, 0.2) is 36.7 Å². The average molecular weight is 652 g/mol. The van der Waals surface area contributed by atoms with Crippen LogP contribution in [0.1, 0.15) is 18.4 Å². The summed E-state index contributed by atoms with van der Waals surface area (Å²) in [4.78, 5) is 35.9. The molecule has 6 heterocycles. The summed E-state index contributed by atoms with van der Waals surface area (Å²) in [6.07, 6.45) is -2.13. The van der Waals surface area contributed by atoms with Crippen LogP contribution in [0.5, 0.6) is 11.6 Å². The molecular formula is C31H35F2N9O5. The third kappa shape index (κ3) is 7.32. The molecule has 0 bridgehead atoms. The summed E-state index contributed by atoms with van der Waals surface area (Å²) in [5.74, 6) is 0.526. The van der Waals surface area contributed by atoms with Gasteiger partial charge in [-0.05, 0) is 24.3 Å². The van der Waals surface area contributed by atoms with Gasteiger partial charge in [-0.25, -0.2) is 18.7 Å². The number of piperidine rings is 1. The Bertz CT molecular complexity index is 1610. The fourth-order valence-corrected chi connectivity index (χ4v) is 5.76. The van der Waals surface area contributed by atoms with E-state index in [1.807, 2.05) is 12.1 Å². The number of nitriles is 1. The monoisotopic (exact) mass is 651 g/mol. The standard InChI is InChI=1S/C31H35F2N9O5/c1-45-29-24(41-12-10-40(11-13-41)20-17-46-18-20)2-3-26(38-29)39-31-35-7-4-22(37-31)23-14-19(15-34)25(16-36-23)47-21-5-8-42(9-6-21)30(44)27(43)28(32)33/h2-4,7,14,16,20-21,27-28,43H,5-6,8-13,17-18H2,1H3,(H,35,37,38,39)/t27-/m1/s1. The lowest BCUT2D eigenvalue weighted by atomic mass is 10.1. The Hall–Kier alpha value is -4.72. The van der Waals surface area contributed by atoms with Gasteiger partial charge >= 0.3 is 0 Å². The highest BCUT2D eigenvalue weighted by Gasteiger charge is 2.33. The van der Waals surface area contributed by atoms with Crippen molar-refractivity contribution in [1.82, 2.24) is 29.7 Å². The second-order valence-electron chi connectivity index (χ2n) is 11.4. The number of rotatable bonds is 10. The minimum absolute atomic E-state index is 0.147. The van der Waals surface area contributed by atoms with Crippen molar-refractivity contribution in [2.75, 3.05) is 69.8 Å². The lowest BCUT2D eigenvalue weighted by Crippen LogP contribution is -2.56. The molecule has 0 saturated carbocycles. The molecule has 3 saturated heterocycles. The van der Waals surface area contributed by atoms with Crippen LogP contribution in [-0.2, 0) is 9.53 Å². The largest absolute Gasteiger partial charge is 0.487 e. The van der Waals surface area contributed by atoms with Crippen LogP contribution in [0.2, 0.25) is 0 Å². The third-order valence-corrected chi connectivity index (χ3v) is 8.51. The summed E-state index contributed by atoms with van der Waals surface area (Å²) >= 11 is 0. The number of piperazine rings is 1.